The number of nitrogens with one attached hydrogen (secondary N) is 2. The summed E-state index contributed by atoms with van der Waals surface area (Å²) in [6, 6.07) is 9.27. The number of ether oxygens (including phenoxy) is 1. The Labute approximate surface area is 155 Å². The van der Waals surface area contributed by atoms with Gasteiger partial charge < -0.3 is 10.1 Å². The van der Waals surface area contributed by atoms with E-state index in [1.54, 1.807) is 6.20 Å². The lowest BCUT2D eigenvalue weighted by atomic mass is 9.92. The number of aromatic amines is 1. The van der Waals surface area contributed by atoms with E-state index in [9.17, 15) is 9.59 Å². The molecule has 4 rings (SSSR count). The predicted molar refractivity (Wildman–Crippen MR) is 101 cm³/mol. The summed E-state index contributed by atoms with van der Waals surface area (Å²) in [4.78, 5) is 27.7. The fraction of sp³-hybridized carbons (Fsp3) is 0.300. The third kappa shape index (κ3) is 3.97. The first-order valence-corrected chi connectivity index (χ1v) is 9.04. The molecule has 0 atom stereocenters. The molecule has 7 heteroatoms. The van der Waals surface area contributed by atoms with Gasteiger partial charge in [0.1, 0.15) is 5.75 Å². The summed E-state index contributed by atoms with van der Waals surface area (Å²) in [5, 5.41) is 11.0. The highest BCUT2D eigenvalue weighted by Gasteiger charge is 2.24. The smallest absolute Gasteiger partial charge is 0.264 e. The Balaban J connectivity index is 1.35. The minimum Gasteiger partial charge on any atom is -0.490 e. The summed E-state index contributed by atoms with van der Waals surface area (Å²) >= 11 is 0. The highest BCUT2D eigenvalue weighted by molar-refractivity contribution is 5.93. The molecule has 7 nitrogen and oxygen atoms in total. The standard InChI is InChI=1S/C20H20N4O3/c25-19-10-14(12-22-24-19)20(26)23-15-4-6-16(7-5-15)27-18-3-1-2-13-11-21-9-8-17(13)18/h1-3,8-12,15-16H,4-7H2,(H,23,26)(H,24,25). The van der Waals surface area contributed by atoms with E-state index in [1.807, 2.05) is 30.5 Å². The van der Waals surface area contributed by atoms with Gasteiger partial charge in [0.2, 0.25) is 0 Å². The first-order chi connectivity index (χ1) is 13.2. The molecular formula is C20H20N4O3. The maximum atomic E-state index is 12.2. The zero-order valence-corrected chi connectivity index (χ0v) is 14.7. The number of carbonyl (C=O) groups is 1. The summed E-state index contributed by atoms with van der Waals surface area (Å²) in [5.74, 6) is 0.608. The Morgan fingerprint density at radius 1 is 1.15 bits per heavy atom. The highest BCUT2D eigenvalue weighted by Crippen LogP contribution is 2.29. The maximum Gasteiger partial charge on any atom is 0.264 e. The van der Waals surface area contributed by atoms with Crippen LogP contribution in [0.25, 0.3) is 10.8 Å². The van der Waals surface area contributed by atoms with Crippen LogP contribution in [-0.2, 0) is 0 Å². The Kier molecular flexibility index (Phi) is 4.82. The first-order valence-electron chi connectivity index (χ1n) is 9.04. The van der Waals surface area contributed by atoms with Crippen LogP contribution in [-0.4, -0.2) is 33.2 Å². The highest BCUT2D eigenvalue weighted by atomic mass is 16.5. The number of benzene rings is 1. The molecule has 1 fully saturated rings. The largest absolute Gasteiger partial charge is 0.490 e. The van der Waals surface area contributed by atoms with Crippen molar-refractivity contribution in [3.05, 3.63) is 64.8 Å². The molecule has 0 saturated heterocycles. The van der Waals surface area contributed by atoms with Gasteiger partial charge in [0.25, 0.3) is 11.5 Å². The predicted octanol–water partition coefficient (Wildman–Crippen LogP) is 2.44. The van der Waals surface area contributed by atoms with E-state index in [0.717, 1.165) is 42.2 Å². The molecule has 1 aliphatic rings. The molecule has 1 saturated carbocycles. The number of nitrogens with zero attached hydrogens (tertiary/aromatic N) is 2. The average Bonchev–Trinajstić information content (AvgIpc) is 2.70. The SMILES string of the molecule is O=C(NC1CCC(Oc2cccc3cnccc23)CC1)c1cn[nH]c(=O)c1. The third-order valence-electron chi connectivity index (χ3n) is 4.87. The second kappa shape index (κ2) is 7.57. The van der Waals surface area contributed by atoms with E-state index in [-0.39, 0.29) is 29.2 Å². The number of carbonyl (C=O) groups excluding carboxylic acids is 1. The number of H-pyrrole nitrogens is 1. The molecule has 2 N–H and O–H groups in total. The quantitative estimate of drug-likeness (QED) is 0.741. The Morgan fingerprint density at radius 2 is 2.00 bits per heavy atom. The van der Waals surface area contributed by atoms with Gasteiger partial charge in [-0.05, 0) is 37.8 Å². The molecule has 0 aliphatic heterocycles. The van der Waals surface area contributed by atoms with Crippen molar-refractivity contribution in [3.63, 3.8) is 0 Å². The summed E-state index contributed by atoms with van der Waals surface area (Å²) < 4.78 is 6.23. The van der Waals surface area contributed by atoms with Crippen LogP contribution in [0.3, 0.4) is 0 Å². The van der Waals surface area contributed by atoms with E-state index in [0.29, 0.717) is 0 Å². The summed E-state index contributed by atoms with van der Waals surface area (Å²) in [7, 11) is 0. The molecular weight excluding hydrogens is 344 g/mol. The first kappa shape index (κ1) is 17.2. The van der Waals surface area contributed by atoms with E-state index in [2.05, 4.69) is 20.5 Å². The zero-order valence-electron chi connectivity index (χ0n) is 14.7. The average molecular weight is 364 g/mol. The van der Waals surface area contributed by atoms with Crippen LogP contribution in [0.4, 0.5) is 0 Å². The van der Waals surface area contributed by atoms with Gasteiger partial charge in [-0.2, -0.15) is 5.10 Å². The van der Waals surface area contributed by atoms with Crippen molar-refractivity contribution in [2.24, 2.45) is 0 Å². The van der Waals surface area contributed by atoms with Crippen molar-refractivity contribution in [2.75, 3.05) is 0 Å². The van der Waals surface area contributed by atoms with Crippen LogP contribution in [0.5, 0.6) is 5.75 Å². The number of hydrogen-bond acceptors (Lipinski definition) is 5. The zero-order chi connectivity index (χ0) is 18.6. The molecule has 0 spiro atoms. The molecule has 0 bridgehead atoms. The van der Waals surface area contributed by atoms with Crippen molar-refractivity contribution in [1.29, 1.82) is 0 Å². The molecule has 138 valence electrons. The number of fused-ring (bicyclic) bond motifs is 1. The lowest BCUT2D eigenvalue weighted by Crippen LogP contribution is -2.40. The third-order valence-corrected chi connectivity index (χ3v) is 4.87. The van der Waals surface area contributed by atoms with Gasteiger partial charge in [-0.15, -0.1) is 0 Å². The maximum absolute atomic E-state index is 12.2. The van der Waals surface area contributed by atoms with Crippen LogP contribution >= 0.6 is 0 Å². The Bertz CT molecular complexity index is 1000. The van der Waals surface area contributed by atoms with E-state index < -0.39 is 0 Å². The molecule has 3 aromatic rings. The topological polar surface area (TPSA) is 97.0 Å². The molecule has 2 heterocycles. The second-order valence-corrected chi connectivity index (χ2v) is 6.75. The van der Waals surface area contributed by atoms with Gasteiger partial charge >= 0.3 is 0 Å². The normalized spacial score (nSPS) is 19.6. The van der Waals surface area contributed by atoms with Gasteiger partial charge in [0.15, 0.2) is 0 Å². The lowest BCUT2D eigenvalue weighted by molar-refractivity contribution is 0.0894. The number of hydrogen-bond donors (Lipinski definition) is 2. The fourth-order valence-corrected chi connectivity index (χ4v) is 3.47. The van der Waals surface area contributed by atoms with Crippen molar-refractivity contribution in [2.45, 2.75) is 37.8 Å². The molecule has 27 heavy (non-hydrogen) atoms. The molecule has 0 unspecified atom stereocenters. The Hall–Kier alpha value is -3.22. The number of rotatable bonds is 4. The minimum atomic E-state index is -0.384. The van der Waals surface area contributed by atoms with Crippen molar-refractivity contribution >= 4 is 16.7 Å². The monoisotopic (exact) mass is 364 g/mol. The summed E-state index contributed by atoms with van der Waals surface area (Å²) in [6.45, 7) is 0. The van der Waals surface area contributed by atoms with Crippen LogP contribution in [0.2, 0.25) is 0 Å². The number of aromatic nitrogens is 3. The van der Waals surface area contributed by atoms with Crippen molar-refractivity contribution < 1.29 is 9.53 Å². The number of amides is 1. The summed E-state index contributed by atoms with van der Waals surface area (Å²) in [6.07, 6.45) is 8.47. The Morgan fingerprint density at radius 3 is 2.81 bits per heavy atom. The van der Waals surface area contributed by atoms with Crippen molar-refractivity contribution in [1.82, 2.24) is 20.5 Å². The van der Waals surface area contributed by atoms with Gasteiger partial charge in [0, 0.05) is 35.3 Å². The van der Waals surface area contributed by atoms with E-state index >= 15 is 0 Å². The van der Waals surface area contributed by atoms with Gasteiger partial charge in [0.05, 0.1) is 17.9 Å². The minimum absolute atomic E-state index is 0.0772. The van der Waals surface area contributed by atoms with E-state index in [4.69, 9.17) is 4.74 Å². The van der Waals surface area contributed by atoms with Gasteiger partial charge in [-0.25, -0.2) is 5.10 Å². The fourth-order valence-electron chi connectivity index (χ4n) is 3.47. The van der Waals surface area contributed by atoms with Gasteiger partial charge in [-0.3, -0.25) is 14.6 Å². The molecule has 0 radical (unpaired) electrons. The molecule has 1 aliphatic carbocycles. The van der Waals surface area contributed by atoms with Crippen LogP contribution in [0.15, 0.2) is 53.7 Å². The van der Waals surface area contributed by atoms with Crippen LogP contribution in [0.1, 0.15) is 36.0 Å². The van der Waals surface area contributed by atoms with Crippen molar-refractivity contribution in [3.8, 4) is 5.75 Å². The van der Waals surface area contributed by atoms with Gasteiger partial charge in [-0.1, -0.05) is 12.1 Å². The second-order valence-electron chi connectivity index (χ2n) is 6.75. The molecule has 1 amide bonds. The lowest BCUT2D eigenvalue weighted by Gasteiger charge is -2.29. The molecule has 1 aromatic carbocycles. The van der Waals surface area contributed by atoms with E-state index in [1.165, 1.54) is 12.3 Å². The van der Waals surface area contributed by atoms with Crippen LogP contribution < -0.4 is 15.6 Å². The summed E-state index contributed by atoms with van der Waals surface area (Å²) in [5.41, 5.74) is -0.105. The van der Waals surface area contributed by atoms with Crippen LogP contribution in [0, 0.1) is 0 Å². The molecule has 2 aromatic heterocycles. The number of pyridine rings is 1.